The van der Waals surface area contributed by atoms with Gasteiger partial charge < -0.3 is 14.7 Å². The number of carboxylic acids is 1. The Morgan fingerprint density at radius 3 is 2.72 bits per heavy atom. The second kappa shape index (κ2) is 6.12. The van der Waals surface area contributed by atoms with Gasteiger partial charge in [-0.3, -0.25) is 9.59 Å². The molecule has 1 fully saturated rings. The molecular weight excluding hydrogens is 352 g/mol. The Labute approximate surface area is 143 Å². The van der Waals surface area contributed by atoms with E-state index in [2.05, 4.69) is 0 Å². The van der Waals surface area contributed by atoms with Crippen molar-refractivity contribution in [3.05, 3.63) is 29.3 Å². The first kappa shape index (κ1) is 17.4. The quantitative estimate of drug-likeness (QED) is 0.782. The van der Waals surface area contributed by atoms with Gasteiger partial charge in [0.05, 0.1) is 18.7 Å². The summed E-state index contributed by atoms with van der Waals surface area (Å²) in [7, 11) is -3.96. The number of carbonyl (C=O) groups is 3. The Hall–Kier alpha value is -2.46. The maximum absolute atomic E-state index is 12.6. The fourth-order valence-electron chi connectivity index (χ4n) is 2.89. The highest BCUT2D eigenvalue weighted by Crippen LogP contribution is 2.31. The maximum atomic E-state index is 12.6. The number of aliphatic carboxylic acids is 1. The number of ether oxygens (including phenoxy) is 1. The highest BCUT2D eigenvalue weighted by Gasteiger charge is 2.41. The molecule has 25 heavy (non-hydrogen) atoms. The van der Waals surface area contributed by atoms with Crippen LogP contribution in [0.2, 0.25) is 0 Å². The summed E-state index contributed by atoms with van der Waals surface area (Å²) in [5.74, 6) is -2.29. The number of hydrogen-bond donors (Lipinski definition) is 1. The lowest BCUT2D eigenvalue weighted by molar-refractivity contribution is -0.154. The smallest absolute Gasteiger partial charge is 0.334 e. The van der Waals surface area contributed by atoms with Crippen molar-refractivity contribution in [2.24, 2.45) is 0 Å². The van der Waals surface area contributed by atoms with Gasteiger partial charge in [0.25, 0.3) is 21.8 Å². The fourth-order valence-corrected chi connectivity index (χ4v) is 4.49. The molecule has 10 heteroatoms. The maximum Gasteiger partial charge on any atom is 0.334 e. The van der Waals surface area contributed by atoms with Gasteiger partial charge in [-0.05, 0) is 25.1 Å². The molecule has 2 aliphatic rings. The highest BCUT2D eigenvalue weighted by atomic mass is 32.2. The van der Waals surface area contributed by atoms with Crippen LogP contribution in [0.1, 0.15) is 27.6 Å². The van der Waals surface area contributed by atoms with Gasteiger partial charge in [-0.15, -0.1) is 0 Å². The standard InChI is InChI=1S/C15H16N2O7S/c1-2-17-14(19)10-4-3-9(7-12(10)25(17,22)23)13(18)16-5-6-24-11(8-16)15(20)21/h3-4,7,11H,2,5-6,8H2,1H3,(H,20,21). The lowest BCUT2D eigenvalue weighted by atomic mass is 10.1. The normalized spacial score (nSPS) is 22.0. The van der Waals surface area contributed by atoms with Crippen LogP contribution in [-0.4, -0.2) is 72.9 Å². The van der Waals surface area contributed by atoms with Crippen LogP contribution in [0.15, 0.2) is 23.1 Å². The number of benzene rings is 1. The highest BCUT2D eigenvalue weighted by molar-refractivity contribution is 7.90. The number of fused-ring (bicyclic) bond motifs is 1. The van der Waals surface area contributed by atoms with E-state index in [-0.39, 0.29) is 42.3 Å². The van der Waals surface area contributed by atoms with Crippen LogP contribution in [0.3, 0.4) is 0 Å². The number of carbonyl (C=O) groups excluding carboxylic acids is 2. The number of morpholine rings is 1. The number of hydrogen-bond acceptors (Lipinski definition) is 6. The molecule has 1 unspecified atom stereocenters. The van der Waals surface area contributed by atoms with Gasteiger partial charge in [-0.25, -0.2) is 17.5 Å². The second-order valence-corrected chi connectivity index (χ2v) is 7.47. The summed E-state index contributed by atoms with van der Waals surface area (Å²) in [6, 6.07) is 3.86. The van der Waals surface area contributed by atoms with Gasteiger partial charge in [-0.2, -0.15) is 0 Å². The van der Waals surface area contributed by atoms with Crippen LogP contribution >= 0.6 is 0 Å². The van der Waals surface area contributed by atoms with E-state index in [1.54, 1.807) is 6.92 Å². The van der Waals surface area contributed by atoms with Crippen molar-refractivity contribution in [3.8, 4) is 0 Å². The monoisotopic (exact) mass is 368 g/mol. The van der Waals surface area contributed by atoms with Crippen molar-refractivity contribution in [3.63, 3.8) is 0 Å². The van der Waals surface area contributed by atoms with Crippen molar-refractivity contribution in [1.29, 1.82) is 0 Å². The SMILES string of the molecule is CCN1C(=O)c2ccc(C(=O)N3CCOC(C(=O)O)C3)cc2S1(=O)=O. The van der Waals surface area contributed by atoms with Crippen molar-refractivity contribution in [2.75, 3.05) is 26.2 Å². The zero-order chi connectivity index (χ0) is 18.4. The van der Waals surface area contributed by atoms with E-state index in [0.29, 0.717) is 0 Å². The molecule has 0 radical (unpaired) electrons. The minimum Gasteiger partial charge on any atom is -0.479 e. The van der Waals surface area contributed by atoms with Crippen molar-refractivity contribution in [2.45, 2.75) is 17.9 Å². The third kappa shape index (κ3) is 2.76. The molecule has 1 aromatic carbocycles. The van der Waals surface area contributed by atoms with Crippen LogP contribution in [0.5, 0.6) is 0 Å². The second-order valence-electron chi connectivity index (χ2n) is 5.63. The third-order valence-corrected chi connectivity index (χ3v) is 6.07. The molecule has 3 rings (SSSR count). The predicted octanol–water partition coefficient (Wildman–Crippen LogP) is -0.223. The fraction of sp³-hybridized carbons (Fsp3) is 0.400. The van der Waals surface area contributed by atoms with Crippen molar-refractivity contribution >= 4 is 27.8 Å². The van der Waals surface area contributed by atoms with Gasteiger partial charge in [0.1, 0.15) is 4.90 Å². The molecule has 134 valence electrons. The molecule has 1 saturated heterocycles. The summed E-state index contributed by atoms with van der Waals surface area (Å²) in [6.07, 6.45) is -1.12. The molecule has 1 aromatic rings. The largest absolute Gasteiger partial charge is 0.479 e. The van der Waals surface area contributed by atoms with E-state index >= 15 is 0 Å². The first-order valence-corrected chi connectivity index (χ1v) is 9.06. The summed E-state index contributed by atoms with van der Waals surface area (Å²) < 4.78 is 30.6. The van der Waals surface area contributed by atoms with Gasteiger partial charge in [0.2, 0.25) is 0 Å². The first-order valence-electron chi connectivity index (χ1n) is 7.62. The Balaban J connectivity index is 1.92. The van der Waals surface area contributed by atoms with Gasteiger partial charge in [0.15, 0.2) is 6.10 Å². The molecule has 2 amide bonds. The summed E-state index contributed by atoms with van der Waals surface area (Å²) in [5, 5.41) is 9.00. The molecule has 1 atom stereocenters. The summed E-state index contributed by atoms with van der Waals surface area (Å²) in [6.45, 7) is 1.70. The van der Waals surface area contributed by atoms with Crippen LogP contribution < -0.4 is 0 Å². The number of nitrogens with zero attached hydrogens (tertiary/aromatic N) is 2. The minimum atomic E-state index is -3.96. The van der Waals surface area contributed by atoms with E-state index in [0.717, 1.165) is 4.31 Å². The zero-order valence-corrected chi connectivity index (χ0v) is 14.2. The van der Waals surface area contributed by atoms with Crippen LogP contribution in [0.25, 0.3) is 0 Å². The van der Waals surface area contributed by atoms with E-state index in [1.807, 2.05) is 0 Å². The number of carboxylic acid groups (broad SMARTS) is 1. The average molecular weight is 368 g/mol. The van der Waals surface area contributed by atoms with E-state index in [4.69, 9.17) is 9.84 Å². The number of rotatable bonds is 3. The first-order chi connectivity index (χ1) is 11.8. The Bertz CT molecular complexity index is 865. The lowest BCUT2D eigenvalue weighted by Crippen LogP contribution is -2.48. The molecular formula is C15H16N2O7S. The molecule has 0 saturated carbocycles. The van der Waals surface area contributed by atoms with Crippen molar-refractivity contribution in [1.82, 2.24) is 9.21 Å². The van der Waals surface area contributed by atoms with E-state index in [9.17, 15) is 22.8 Å². The Kier molecular flexibility index (Phi) is 4.25. The molecule has 9 nitrogen and oxygen atoms in total. The van der Waals surface area contributed by atoms with Crippen molar-refractivity contribution < 1.29 is 32.6 Å². The molecule has 0 aliphatic carbocycles. The van der Waals surface area contributed by atoms with Crippen LogP contribution in [0, 0.1) is 0 Å². The summed E-state index contributed by atoms with van der Waals surface area (Å²) >= 11 is 0. The molecule has 0 aromatic heterocycles. The molecule has 1 N–H and O–H groups in total. The topological polar surface area (TPSA) is 121 Å². The Morgan fingerprint density at radius 1 is 1.36 bits per heavy atom. The van der Waals surface area contributed by atoms with E-state index in [1.165, 1.54) is 23.1 Å². The minimum absolute atomic E-state index is 0.00286. The third-order valence-electron chi connectivity index (χ3n) is 4.17. The average Bonchev–Trinajstić information content (AvgIpc) is 2.79. The van der Waals surface area contributed by atoms with Crippen LogP contribution in [0.4, 0.5) is 0 Å². The lowest BCUT2D eigenvalue weighted by Gasteiger charge is -2.31. The summed E-state index contributed by atoms with van der Waals surface area (Å²) in [5.41, 5.74) is 0.114. The van der Waals surface area contributed by atoms with E-state index < -0.39 is 33.9 Å². The summed E-state index contributed by atoms with van der Waals surface area (Å²) in [4.78, 5) is 36.8. The molecule has 2 aliphatic heterocycles. The molecule has 2 heterocycles. The van der Waals surface area contributed by atoms with Gasteiger partial charge >= 0.3 is 5.97 Å². The number of amides is 2. The van der Waals surface area contributed by atoms with Gasteiger partial charge in [-0.1, -0.05) is 0 Å². The Morgan fingerprint density at radius 2 is 2.08 bits per heavy atom. The zero-order valence-electron chi connectivity index (χ0n) is 13.3. The number of sulfonamides is 1. The molecule has 0 spiro atoms. The van der Waals surface area contributed by atoms with Gasteiger partial charge in [0, 0.05) is 18.7 Å². The van der Waals surface area contributed by atoms with Crippen LogP contribution in [-0.2, 0) is 19.6 Å². The predicted molar refractivity (Wildman–Crippen MR) is 83.6 cm³/mol. The molecule has 0 bridgehead atoms.